The third-order valence-electron chi connectivity index (χ3n) is 2.84. The van der Waals surface area contributed by atoms with Crippen LogP contribution in [-0.4, -0.2) is 35.9 Å². The largest absolute Gasteiger partial charge is 0.481 e. The van der Waals surface area contributed by atoms with Crippen LogP contribution in [0.15, 0.2) is 0 Å². The van der Waals surface area contributed by atoms with Gasteiger partial charge in [-0.1, -0.05) is 13.8 Å². The standard InChI is InChI=1S/C12H25NO3.C2H6/c1-11(2,13-5)8-9-16-12(3,4)7-6-10(14)15;1-2/h13H,6-9H2,1-5H3,(H,14,15);1-2H3. The molecule has 0 aliphatic carbocycles. The van der Waals surface area contributed by atoms with Crippen LogP contribution in [0.2, 0.25) is 0 Å². The van der Waals surface area contributed by atoms with Crippen LogP contribution in [0.25, 0.3) is 0 Å². The van der Waals surface area contributed by atoms with Crippen LogP contribution >= 0.6 is 0 Å². The minimum atomic E-state index is -0.771. The number of carboxylic acid groups (broad SMARTS) is 1. The van der Waals surface area contributed by atoms with Gasteiger partial charge in [-0.3, -0.25) is 4.79 Å². The van der Waals surface area contributed by atoms with Crippen molar-refractivity contribution in [3.63, 3.8) is 0 Å². The van der Waals surface area contributed by atoms with Crippen LogP contribution in [0.1, 0.15) is 60.8 Å². The highest BCUT2D eigenvalue weighted by Crippen LogP contribution is 2.18. The van der Waals surface area contributed by atoms with E-state index in [0.29, 0.717) is 13.0 Å². The highest BCUT2D eigenvalue weighted by molar-refractivity contribution is 5.66. The fraction of sp³-hybridized carbons (Fsp3) is 0.929. The van der Waals surface area contributed by atoms with Gasteiger partial charge in [-0.25, -0.2) is 0 Å². The number of hydrogen-bond acceptors (Lipinski definition) is 3. The van der Waals surface area contributed by atoms with Gasteiger partial charge in [-0.05, 0) is 47.6 Å². The summed E-state index contributed by atoms with van der Waals surface area (Å²) in [5.41, 5.74) is -0.301. The maximum Gasteiger partial charge on any atom is 0.303 e. The highest BCUT2D eigenvalue weighted by atomic mass is 16.5. The van der Waals surface area contributed by atoms with Gasteiger partial charge in [0, 0.05) is 18.6 Å². The van der Waals surface area contributed by atoms with Gasteiger partial charge >= 0.3 is 5.97 Å². The molecule has 0 heterocycles. The fourth-order valence-corrected chi connectivity index (χ4v) is 1.19. The summed E-state index contributed by atoms with van der Waals surface area (Å²) in [4.78, 5) is 10.5. The molecule has 0 saturated carbocycles. The summed E-state index contributed by atoms with van der Waals surface area (Å²) in [6, 6.07) is 0. The maximum absolute atomic E-state index is 10.5. The van der Waals surface area contributed by atoms with Crippen molar-refractivity contribution in [2.45, 2.75) is 71.9 Å². The van der Waals surface area contributed by atoms with Crippen LogP contribution in [0, 0.1) is 0 Å². The van der Waals surface area contributed by atoms with Crippen molar-refractivity contribution >= 4 is 5.97 Å². The lowest BCUT2D eigenvalue weighted by Gasteiger charge is -2.29. The van der Waals surface area contributed by atoms with Gasteiger partial charge in [0.25, 0.3) is 0 Å². The molecule has 0 bridgehead atoms. The van der Waals surface area contributed by atoms with Crippen LogP contribution in [0.3, 0.4) is 0 Å². The third-order valence-corrected chi connectivity index (χ3v) is 2.84. The fourth-order valence-electron chi connectivity index (χ4n) is 1.19. The molecule has 110 valence electrons. The number of hydrogen-bond donors (Lipinski definition) is 2. The van der Waals surface area contributed by atoms with Crippen LogP contribution < -0.4 is 5.32 Å². The quantitative estimate of drug-likeness (QED) is 0.705. The summed E-state index contributed by atoms with van der Waals surface area (Å²) < 4.78 is 5.71. The van der Waals surface area contributed by atoms with Gasteiger partial charge in [0.2, 0.25) is 0 Å². The van der Waals surface area contributed by atoms with E-state index in [2.05, 4.69) is 19.2 Å². The van der Waals surface area contributed by atoms with E-state index < -0.39 is 5.97 Å². The van der Waals surface area contributed by atoms with E-state index in [4.69, 9.17) is 9.84 Å². The Morgan fingerprint density at radius 1 is 1.17 bits per heavy atom. The summed E-state index contributed by atoms with van der Waals surface area (Å²) in [5.74, 6) is -0.771. The lowest BCUT2D eigenvalue weighted by atomic mass is 10.0. The Hall–Kier alpha value is -0.610. The summed E-state index contributed by atoms with van der Waals surface area (Å²) in [6.45, 7) is 12.7. The van der Waals surface area contributed by atoms with E-state index in [9.17, 15) is 4.79 Å². The Bertz CT molecular complexity index is 225. The van der Waals surface area contributed by atoms with E-state index in [0.717, 1.165) is 6.42 Å². The number of nitrogens with one attached hydrogen (secondary N) is 1. The molecule has 0 aliphatic rings. The molecular weight excluding hydrogens is 230 g/mol. The van der Waals surface area contributed by atoms with Gasteiger partial charge in [0.05, 0.1) is 5.60 Å². The van der Waals surface area contributed by atoms with Crippen molar-refractivity contribution in [2.75, 3.05) is 13.7 Å². The summed E-state index contributed by atoms with van der Waals surface area (Å²) in [7, 11) is 1.93. The molecule has 0 saturated heterocycles. The van der Waals surface area contributed by atoms with Crippen LogP contribution in [0.5, 0.6) is 0 Å². The minimum absolute atomic E-state index is 0.0584. The van der Waals surface area contributed by atoms with Crippen molar-refractivity contribution in [1.82, 2.24) is 5.32 Å². The maximum atomic E-state index is 10.5. The molecule has 2 N–H and O–H groups in total. The molecule has 0 aromatic carbocycles. The number of carboxylic acids is 1. The van der Waals surface area contributed by atoms with Crippen molar-refractivity contribution in [3.05, 3.63) is 0 Å². The zero-order valence-electron chi connectivity index (χ0n) is 13.1. The second kappa shape index (κ2) is 9.34. The first-order valence-corrected chi connectivity index (χ1v) is 6.73. The molecule has 18 heavy (non-hydrogen) atoms. The predicted molar refractivity (Wildman–Crippen MR) is 76.0 cm³/mol. The molecule has 0 aromatic rings. The Kier molecular flexibility index (Phi) is 10.2. The average Bonchev–Trinajstić information content (AvgIpc) is 2.29. The molecule has 4 nitrogen and oxygen atoms in total. The number of ether oxygens (including phenoxy) is 1. The first-order valence-electron chi connectivity index (χ1n) is 6.73. The van der Waals surface area contributed by atoms with E-state index in [1.54, 1.807) is 0 Å². The van der Waals surface area contributed by atoms with Crippen LogP contribution in [-0.2, 0) is 9.53 Å². The number of rotatable bonds is 8. The molecular formula is C14H31NO3. The predicted octanol–water partition coefficient (Wildman–Crippen LogP) is 3.06. The third kappa shape index (κ3) is 11.9. The molecule has 0 fully saturated rings. The SMILES string of the molecule is CC.CNC(C)(C)CCOC(C)(C)CCC(=O)O. The summed E-state index contributed by atoms with van der Waals surface area (Å²) >= 11 is 0. The van der Waals surface area contributed by atoms with Gasteiger partial charge in [0.15, 0.2) is 0 Å². The topological polar surface area (TPSA) is 58.6 Å². The van der Waals surface area contributed by atoms with Gasteiger partial charge in [0.1, 0.15) is 0 Å². The van der Waals surface area contributed by atoms with E-state index in [1.807, 2.05) is 34.7 Å². The number of carbonyl (C=O) groups is 1. The van der Waals surface area contributed by atoms with Crippen molar-refractivity contribution in [2.24, 2.45) is 0 Å². The zero-order valence-corrected chi connectivity index (χ0v) is 13.1. The van der Waals surface area contributed by atoms with Crippen molar-refractivity contribution in [3.8, 4) is 0 Å². The smallest absolute Gasteiger partial charge is 0.303 e. The normalized spacial score (nSPS) is 11.7. The second-order valence-electron chi connectivity index (χ2n) is 5.39. The van der Waals surface area contributed by atoms with E-state index in [1.165, 1.54) is 0 Å². The lowest BCUT2D eigenvalue weighted by molar-refractivity contribution is -0.138. The average molecular weight is 261 g/mol. The lowest BCUT2D eigenvalue weighted by Crippen LogP contribution is -2.38. The summed E-state index contributed by atoms with van der Waals surface area (Å²) in [6.07, 6.45) is 1.60. The highest BCUT2D eigenvalue weighted by Gasteiger charge is 2.21. The Labute approximate surface area is 112 Å². The molecule has 0 rings (SSSR count). The Balaban J connectivity index is 0. The molecule has 0 atom stereocenters. The first-order chi connectivity index (χ1) is 8.18. The molecule has 0 amide bonds. The van der Waals surface area contributed by atoms with E-state index >= 15 is 0 Å². The van der Waals surface area contributed by atoms with Crippen molar-refractivity contribution in [1.29, 1.82) is 0 Å². The molecule has 0 radical (unpaired) electrons. The molecule has 0 aromatic heterocycles. The monoisotopic (exact) mass is 261 g/mol. The van der Waals surface area contributed by atoms with Crippen LogP contribution in [0.4, 0.5) is 0 Å². The van der Waals surface area contributed by atoms with Crippen molar-refractivity contribution < 1.29 is 14.6 Å². The first kappa shape index (κ1) is 19.7. The Morgan fingerprint density at radius 2 is 1.67 bits per heavy atom. The summed E-state index contributed by atoms with van der Waals surface area (Å²) in [5, 5.41) is 11.8. The Morgan fingerprint density at radius 3 is 2.06 bits per heavy atom. The van der Waals surface area contributed by atoms with E-state index in [-0.39, 0.29) is 17.6 Å². The number of aliphatic carboxylic acids is 1. The molecule has 0 aliphatic heterocycles. The zero-order chi connectivity index (χ0) is 14.8. The minimum Gasteiger partial charge on any atom is -0.481 e. The van der Waals surface area contributed by atoms with Gasteiger partial charge in [-0.15, -0.1) is 0 Å². The van der Waals surface area contributed by atoms with Gasteiger partial charge < -0.3 is 15.2 Å². The molecule has 0 unspecified atom stereocenters. The van der Waals surface area contributed by atoms with Gasteiger partial charge in [-0.2, -0.15) is 0 Å². The molecule has 0 spiro atoms. The molecule has 4 heteroatoms. The second-order valence-corrected chi connectivity index (χ2v) is 5.39.